The van der Waals surface area contributed by atoms with Crippen molar-refractivity contribution >= 4 is 22.9 Å². The van der Waals surface area contributed by atoms with E-state index in [0.717, 1.165) is 5.69 Å². The SMILES string of the molecule is COc1cccc(NC(=O)c2cccc(OCc3cscn3)c2)c1. The summed E-state index contributed by atoms with van der Waals surface area (Å²) in [6.07, 6.45) is 0. The minimum atomic E-state index is -0.206. The first-order chi connectivity index (χ1) is 11.7. The quantitative estimate of drug-likeness (QED) is 0.737. The molecule has 0 bridgehead atoms. The van der Waals surface area contributed by atoms with Crippen molar-refractivity contribution in [2.24, 2.45) is 0 Å². The minimum Gasteiger partial charge on any atom is -0.497 e. The molecule has 0 saturated heterocycles. The second-order valence-corrected chi connectivity index (χ2v) is 5.70. The van der Waals surface area contributed by atoms with Crippen LogP contribution in [0.4, 0.5) is 5.69 Å². The van der Waals surface area contributed by atoms with E-state index in [1.807, 2.05) is 29.6 Å². The topological polar surface area (TPSA) is 60.5 Å². The molecule has 3 rings (SSSR count). The van der Waals surface area contributed by atoms with Crippen LogP contribution in [-0.2, 0) is 6.61 Å². The van der Waals surface area contributed by atoms with E-state index in [-0.39, 0.29) is 5.91 Å². The first-order valence-corrected chi connectivity index (χ1v) is 8.24. The van der Waals surface area contributed by atoms with Crippen LogP contribution in [0.25, 0.3) is 0 Å². The zero-order valence-corrected chi connectivity index (χ0v) is 13.9. The minimum absolute atomic E-state index is 0.206. The average Bonchev–Trinajstić information content (AvgIpc) is 3.14. The Morgan fingerprint density at radius 1 is 1.17 bits per heavy atom. The first-order valence-electron chi connectivity index (χ1n) is 7.30. The summed E-state index contributed by atoms with van der Waals surface area (Å²) in [4.78, 5) is 16.5. The van der Waals surface area contributed by atoms with Crippen molar-refractivity contribution in [1.82, 2.24) is 4.98 Å². The van der Waals surface area contributed by atoms with Gasteiger partial charge in [0.25, 0.3) is 5.91 Å². The maximum absolute atomic E-state index is 12.4. The third-order valence-electron chi connectivity index (χ3n) is 3.29. The van der Waals surface area contributed by atoms with Crippen LogP contribution in [0, 0.1) is 0 Å². The lowest BCUT2D eigenvalue weighted by molar-refractivity contribution is 0.102. The second kappa shape index (κ2) is 7.61. The largest absolute Gasteiger partial charge is 0.497 e. The van der Waals surface area contributed by atoms with Gasteiger partial charge in [0.05, 0.1) is 18.3 Å². The number of carbonyl (C=O) groups excluding carboxylic acids is 1. The summed E-state index contributed by atoms with van der Waals surface area (Å²) in [5, 5.41) is 4.77. The van der Waals surface area contributed by atoms with E-state index in [1.165, 1.54) is 11.3 Å². The van der Waals surface area contributed by atoms with E-state index >= 15 is 0 Å². The number of hydrogen-bond donors (Lipinski definition) is 1. The third kappa shape index (κ3) is 4.11. The Hall–Kier alpha value is -2.86. The van der Waals surface area contributed by atoms with Crippen molar-refractivity contribution in [3.05, 3.63) is 70.7 Å². The molecular formula is C18H16N2O3S. The van der Waals surface area contributed by atoms with Gasteiger partial charge in [-0.2, -0.15) is 0 Å². The Morgan fingerprint density at radius 2 is 2.00 bits per heavy atom. The maximum atomic E-state index is 12.4. The van der Waals surface area contributed by atoms with E-state index in [0.29, 0.717) is 29.4 Å². The van der Waals surface area contributed by atoms with E-state index in [9.17, 15) is 4.79 Å². The molecule has 0 aliphatic carbocycles. The van der Waals surface area contributed by atoms with Gasteiger partial charge in [0, 0.05) is 22.7 Å². The highest BCUT2D eigenvalue weighted by atomic mass is 32.1. The molecular weight excluding hydrogens is 324 g/mol. The lowest BCUT2D eigenvalue weighted by Gasteiger charge is -2.09. The number of nitrogens with zero attached hydrogens (tertiary/aromatic N) is 1. The Labute approximate surface area is 143 Å². The summed E-state index contributed by atoms with van der Waals surface area (Å²) in [6.45, 7) is 0.379. The highest BCUT2D eigenvalue weighted by Crippen LogP contribution is 2.19. The number of thiazole rings is 1. The van der Waals surface area contributed by atoms with Crippen LogP contribution in [0.1, 0.15) is 16.1 Å². The van der Waals surface area contributed by atoms with Gasteiger partial charge in [0.15, 0.2) is 0 Å². The van der Waals surface area contributed by atoms with E-state index in [4.69, 9.17) is 9.47 Å². The third-order valence-corrected chi connectivity index (χ3v) is 3.93. The molecule has 2 aromatic carbocycles. The lowest BCUT2D eigenvalue weighted by Crippen LogP contribution is -2.12. The van der Waals surface area contributed by atoms with Crippen LogP contribution in [0.15, 0.2) is 59.4 Å². The molecule has 3 aromatic rings. The number of anilines is 1. The van der Waals surface area contributed by atoms with Crippen LogP contribution < -0.4 is 14.8 Å². The second-order valence-electron chi connectivity index (χ2n) is 4.98. The fourth-order valence-corrected chi connectivity index (χ4v) is 2.64. The van der Waals surface area contributed by atoms with Crippen molar-refractivity contribution in [3.63, 3.8) is 0 Å². The van der Waals surface area contributed by atoms with Crippen LogP contribution in [0.5, 0.6) is 11.5 Å². The van der Waals surface area contributed by atoms with Gasteiger partial charge in [-0.25, -0.2) is 4.98 Å². The number of rotatable bonds is 6. The number of ether oxygens (including phenoxy) is 2. The molecule has 0 aliphatic rings. The van der Waals surface area contributed by atoms with Gasteiger partial charge in [-0.15, -0.1) is 11.3 Å². The summed E-state index contributed by atoms with van der Waals surface area (Å²) in [5.41, 5.74) is 3.82. The van der Waals surface area contributed by atoms with Gasteiger partial charge in [-0.3, -0.25) is 4.79 Å². The van der Waals surface area contributed by atoms with Gasteiger partial charge in [-0.1, -0.05) is 12.1 Å². The molecule has 1 aromatic heterocycles. The number of amides is 1. The molecule has 5 nitrogen and oxygen atoms in total. The summed E-state index contributed by atoms with van der Waals surface area (Å²) < 4.78 is 10.8. The zero-order valence-electron chi connectivity index (χ0n) is 13.1. The molecule has 0 atom stereocenters. The Kier molecular flexibility index (Phi) is 5.08. The van der Waals surface area contributed by atoms with E-state index < -0.39 is 0 Å². The van der Waals surface area contributed by atoms with Crippen molar-refractivity contribution in [2.75, 3.05) is 12.4 Å². The summed E-state index contributed by atoms with van der Waals surface area (Å²) in [6, 6.07) is 14.3. The molecule has 122 valence electrons. The lowest BCUT2D eigenvalue weighted by atomic mass is 10.2. The standard InChI is InChI=1S/C18H16N2O3S/c1-22-16-6-3-5-14(9-16)20-18(21)13-4-2-7-17(8-13)23-10-15-11-24-12-19-15/h2-9,11-12H,10H2,1H3,(H,20,21). The van der Waals surface area contributed by atoms with Gasteiger partial charge in [0.1, 0.15) is 18.1 Å². The highest BCUT2D eigenvalue weighted by molar-refractivity contribution is 7.07. The van der Waals surface area contributed by atoms with Crippen LogP contribution in [0.3, 0.4) is 0 Å². The van der Waals surface area contributed by atoms with Gasteiger partial charge < -0.3 is 14.8 Å². The van der Waals surface area contributed by atoms with Gasteiger partial charge in [0.2, 0.25) is 0 Å². The van der Waals surface area contributed by atoms with Crippen molar-refractivity contribution in [3.8, 4) is 11.5 Å². The number of aromatic nitrogens is 1. The van der Waals surface area contributed by atoms with Crippen LogP contribution in [-0.4, -0.2) is 18.0 Å². The maximum Gasteiger partial charge on any atom is 0.255 e. The van der Waals surface area contributed by atoms with Gasteiger partial charge >= 0.3 is 0 Å². The number of methoxy groups -OCH3 is 1. The van der Waals surface area contributed by atoms with Crippen molar-refractivity contribution in [2.45, 2.75) is 6.61 Å². The number of hydrogen-bond acceptors (Lipinski definition) is 5. The number of nitrogens with one attached hydrogen (secondary N) is 1. The summed E-state index contributed by atoms with van der Waals surface area (Å²) in [5.74, 6) is 1.11. The molecule has 1 heterocycles. The zero-order chi connectivity index (χ0) is 16.8. The molecule has 1 amide bonds. The predicted octanol–water partition coefficient (Wildman–Crippen LogP) is 3.98. The molecule has 0 unspecified atom stereocenters. The molecule has 0 spiro atoms. The predicted molar refractivity (Wildman–Crippen MR) is 93.8 cm³/mol. The Morgan fingerprint density at radius 3 is 2.79 bits per heavy atom. The van der Waals surface area contributed by atoms with Crippen molar-refractivity contribution < 1.29 is 14.3 Å². The Balaban J connectivity index is 1.67. The van der Waals surface area contributed by atoms with E-state index in [1.54, 1.807) is 36.9 Å². The molecule has 1 N–H and O–H groups in total. The normalized spacial score (nSPS) is 10.2. The highest BCUT2D eigenvalue weighted by Gasteiger charge is 2.08. The fourth-order valence-electron chi connectivity index (χ4n) is 2.10. The average molecular weight is 340 g/mol. The van der Waals surface area contributed by atoms with Crippen LogP contribution in [0.2, 0.25) is 0 Å². The fraction of sp³-hybridized carbons (Fsp3) is 0.111. The van der Waals surface area contributed by atoms with E-state index in [2.05, 4.69) is 10.3 Å². The molecule has 0 aliphatic heterocycles. The summed E-state index contributed by atoms with van der Waals surface area (Å²) >= 11 is 1.52. The first kappa shape index (κ1) is 16.0. The number of carbonyl (C=O) groups is 1. The summed E-state index contributed by atoms with van der Waals surface area (Å²) in [7, 11) is 1.59. The number of benzene rings is 2. The molecule has 0 saturated carbocycles. The van der Waals surface area contributed by atoms with Crippen molar-refractivity contribution in [1.29, 1.82) is 0 Å². The molecule has 0 radical (unpaired) electrons. The monoisotopic (exact) mass is 340 g/mol. The van der Waals surface area contributed by atoms with Crippen LogP contribution >= 0.6 is 11.3 Å². The molecule has 0 fully saturated rings. The molecule has 6 heteroatoms. The Bertz CT molecular complexity index is 819. The van der Waals surface area contributed by atoms with Gasteiger partial charge in [-0.05, 0) is 30.3 Å². The smallest absolute Gasteiger partial charge is 0.255 e. The molecule has 24 heavy (non-hydrogen) atoms.